The normalized spacial score (nSPS) is 24.0. The summed E-state index contributed by atoms with van der Waals surface area (Å²) in [5.74, 6) is 0. The van der Waals surface area contributed by atoms with Gasteiger partial charge in [0.05, 0.1) is 16.3 Å². The molecule has 0 radical (unpaired) electrons. The summed E-state index contributed by atoms with van der Waals surface area (Å²) in [7, 11) is 1.93. The zero-order chi connectivity index (χ0) is 14.9. The third-order valence-corrected chi connectivity index (χ3v) is 4.17. The summed E-state index contributed by atoms with van der Waals surface area (Å²) in [5.41, 5.74) is -0.0225. The van der Waals surface area contributed by atoms with Crippen molar-refractivity contribution in [1.82, 2.24) is 5.32 Å². The summed E-state index contributed by atoms with van der Waals surface area (Å²) < 4.78 is 37.9. The highest BCUT2D eigenvalue weighted by atomic mass is 35.5. The summed E-state index contributed by atoms with van der Waals surface area (Å²) in [6, 6.07) is 4.28. The third-order valence-electron chi connectivity index (χ3n) is 3.87. The maximum atomic E-state index is 12.6. The molecule has 1 aliphatic rings. The highest BCUT2D eigenvalue weighted by Crippen LogP contribution is 2.36. The second-order valence-corrected chi connectivity index (χ2v) is 5.62. The van der Waals surface area contributed by atoms with Crippen molar-refractivity contribution in [3.63, 3.8) is 0 Å². The molecule has 1 fully saturated rings. The SMILES string of the molecule is CNC1CCN(c2ccc(C(F)(F)F)cc2Cl)C(C)C1. The Bertz CT molecular complexity index is 476. The second kappa shape index (κ2) is 5.82. The fourth-order valence-corrected chi connectivity index (χ4v) is 3.00. The molecule has 0 aromatic heterocycles. The first kappa shape index (κ1) is 15.4. The van der Waals surface area contributed by atoms with Gasteiger partial charge in [-0.05, 0) is 45.0 Å². The molecule has 2 rings (SSSR count). The molecule has 2 atom stereocenters. The molecule has 20 heavy (non-hydrogen) atoms. The molecule has 6 heteroatoms. The molecule has 1 aromatic carbocycles. The number of nitrogens with one attached hydrogen (secondary N) is 1. The van der Waals surface area contributed by atoms with Crippen LogP contribution in [0.15, 0.2) is 18.2 Å². The van der Waals surface area contributed by atoms with Crippen molar-refractivity contribution in [2.75, 3.05) is 18.5 Å². The van der Waals surface area contributed by atoms with E-state index in [0.717, 1.165) is 31.5 Å². The molecule has 1 aliphatic heterocycles. The molecule has 1 heterocycles. The lowest BCUT2D eigenvalue weighted by Gasteiger charge is -2.39. The zero-order valence-corrected chi connectivity index (χ0v) is 12.2. The van der Waals surface area contributed by atoms with Crippen LogP contribution in [0.3, 0.4) is 0 Å². The Morgan fingerprint density at radius 2 is 2.05 bits per heavy atom. The van der Waals surface area contributed by atoms with Gasteiger partial charge in [-0.15, -0.1) is 0 Å². The predicted octanol–water partition coefficient (Wildman–Crippen LogP) is 3.94. The van der Waals surface area contributed by atoms with Crippen LogP contribution < -0.4 is 10.2 Å². The number of alkyl halides is 3. The quantitative estimate of drug-likeness (QED) is 0.890. The molecule has 2 unspecified atom stereocenters. The van der Waals surface area contributed by atoms with Crippen LogP contribution in [0, 0.1) is 0 Å². The molecular formula is C14H18ClF3N2. The first-order chi connectivity index (χ1) is 9.32. The molecule has 0 saturated carbocycles. The number of rotatable bonds is 2. The molecule has 0 amide bonds. The number of benzene rings is 1. The van der Waals surface area contributed by atoms with Gasteiger partial charge in [0.1, 0.15) is 0 Å². The minimum Gasteiger partial charge on any atom is -0.368 e. The van der Waals surface area contributed by atoms with Crippen LogP contribution in [-0.4, -0.2) is 25.7 Å². The van der Waals surface area contributed by atoms with Crippen LogP contribution in [-0.2, 0) is 6.18 Å². The van der Waals surface area contributed by atoms with Crippen LogP contribution in [0.5, 0.6) is 0 Å². The number of halogens is 4. The van der Waals surface area contributed by atoms with Gasteiger partial charge in [-0.2, -0.15) is 13.2 Å². The van der Waals surface area contributed by atoms with E-state index < -0.39 is 11.7 Å². The van der Waals surface area contributed by atoms with Gasteiger partial charge >= 0.3 is 6.18 Å². The lowest BCUT2D eigenvalue weighted by Crippen LogP contribution is -2.46. The van der Waals surface area contributed by atoms with Crippen molar-refractivity contribution in [1.29, 1.82) is 0 Å². The molecule has 112 valence electrons. The van der Waals surface area contributed by atoms with Gasteiger partial charge in [-0.1, -0.05) is 11.6 Å². The van der Waals surface area contributed by atoms with Gasteiger partial charge in [-0.25, -0.2) is 0 Å². The molecule has 0 aliphatic carbocycles. The van der Waals surface area contributed by atoms with Crippen LogP contribution in [0.2, 0.25) is 5.02 Å². The van der Waals surface area contributed by atoms with E-state index in [0.29, 0.717) is 11.7 Å². The van der Waals surface area contributed by atoms with Gasteiger partial charge in [-0.3, -0.25) is 0 Å². The molecule has 1 saturated heterocycles. The minimum atomic E-state index is -4.35. The van der Waals surface area contributed by atoms with Gasteiger partial charge in [0.2, 0.25) is 0 Å². The Morgan fingerprint density at radius 1 is 1.35 bits per heavy atom. The average molecular weight is 307 g/mol. The maximum Gasteiger partial charge on any atom is 0.416 e. The van der Waals surface area contributed by atoms with E-state index in [1.165, 1.54) is 6.07 Å². The van der Waals surface area contributed by atoms with Gasteiger partial charge in [0, 0.05) is 18.6 Å². The van der Waals surface area contributed by atoms with Crippen molar-refractivity contribution in [3.8, 4) is 0 Å². The number of hydrogen-bond donors (Lipinski definition) is 1. The number of piperidine rings is 1. The van der Waals surface area contributed by atoms with Crippen LogP contribution in [0.1, 0.15) is 25.3 Å². The summed E-state index contributed by atoms with van der Waals surface area (Å²) >= 11 is 6.05. The summed E-state index contributed by atoms with van der Waals surface area (Å²) in [4.78, 5) is 2.08. The van der Waals surface area contributed by atoms with E-state index in [9.17, 15) is 13.2 Å². The Labute approximate surface area is 121 Å². The van der Waals surface area contributed by atoms with E-state index in [1.54, 1.807) is 0 Å². The average Bonchev–Trinajstić information content (AvgIpc) is 2.38. The van der Waals surface area contributed by atoms with Gasteiger partial charge < -0.3 is 10.2 Å². The Morgan fingerprint density at radius 3 is 2.55 bits per heavy atom. The van der Waals surface area contributed by atoms with Crippen molar-refractivity contribution in [3.05, 3.63) is 28.8 Å². The van der Waals surface area contributed by atoms with Crippen LogP contribution in [0.4, 0.5) is 18.9 Å². The fraction of sp³-hybridized carbons (Fsp3) is 0.571. The molecular weight excluding hydrogens is 289 g/mol. The minimum absolute atomic E-state index is 0.162. The zero-order valence-electron chi connectivity index (χ0n) is 11.5. The van der Waals surface area contributed by atoms with Crippen molar-refractivity contribution >= 4 is 17.3 Å². The molecule has 1 N–H and O–H groups in total. The number of hydrogen-bond acceptors (Lipinski definition) is 2. The first-order valence-electron chi connectivity index (χ1n) is 6.63. The van der Waals surface area contributed by atoms with Crippen molar-refractivity contribution < 1.29 is 13.2 Å². The first-order valence-corrected chi connectivity index (χ1v) is 7.01. The summed E-state index contributed by atoms with van der Waals surface area (Å²) in [6.07, 6.45) is -2.45. The number of nitrogens with zero attached hydrogens (tertiary/aromatic N) is 1. The molecule has 1 aromatic rings. The highest BCUT2D eigenvalue weighted by Gasteiger charge is 2.32. The van der Waals surface area contributed by atoms with Crippen molar-refractivity contribution in [2.45, 2.75) is 38.0 Å². The monoisotopic (exact) mass is 306 g/mol. The topological polar surface area (TPSA) is 15.3 Å². The van der Waals surface area contributed by atoms with E-state index >= 15 is 0 Å². The number of anilines is 1. The summed E-state index contributed by atoms with van der Waals surface area (Å²) in [6.45, 7) is 2.86. The largest absolute Gasteiger partial charge is 0.416 e. The lowest BCUT2D eigenvalue weighted by atomic mass is 9.97. The highest BCUT2D eigenvalue weighted by molar-refractivity contribution is 6.33. The van der Waals surface area contributed by atoms with Crippen LogP contribution in [0.25, 0.3) is 0 Å². The van der Waals surface area contributed by atoms with Crippen LogP contribution >= 0.6 is 11.6 Å². The Kier molecular flexibility index (Phi) is 4.49. The van der Waals surface area contributed by atoms with E-state index in [2.05, 4.69) is 17.1 Å². The van der Waals surface area contributed by atoms with E-state index in [4.69, 9.17) is 11.6 Å². The second-order valence-electron chi connectivity index (χ2n) is 5.22. The lowest BCUT2D eigenvalue weighted by molar-refractivity contribution is -0.137. The van der Waals surface area contributed by atoms with E-state index in [1.807, 2.05) is 7.05 Å². The molecule has 0 bridgehead atoms. The fourth-order valence-electron chi connectivity index (χ4n) is 2.71. The molecule has 2 nitrogen and oxygen atoms in total. The maximum absolute atomic E-state index is 12.6. The van der Waals surface area contributed by atoms with Gasteiger partial charge in [0.25, 0.3) is 0 Å². The Hall–Kier alpha value is -0.940. The van der Waals surface area contributed by atoms with Gasteiger partial charge in [0.15, 0.2) is 0 Å². The Balaban J connectivity index is 2.22. The predicted molar refractivity (Wildman–Crippen MR) is 75.3 cm³/mol. The standard InChI is InChI=1S/C14H18ClF3N2/c1-9-7-11(19-2)5-6-20(9)13-4-3-10(8-12(13)15)14(16,17)18/h3-4,8-9,11,19H,5-7H2,1-2H3. The smallest absolute Gasteiger partial charge is 0.368 e. The molecule has 0 spiro atoms. The summed E-state index contributed by atoms with van der Waals surface area (Å²) in [5, 5.41) is 3.40. The third kappa shape index (κ3) is 3.20. The van der Waals surface area contributed by atoms with Crippen molar-refractivity contribution in [2.24, 2.45) is 0 Å². The van der Waals surface area contributed by atoms with E-state index in [-0.39, 0.29) is 11.1 Å².